The number of hydrogen-bond acceptors (Lipinski definition) is 1. The van der Waals surface area contributed by atoms with Crippen molar-refractivity contribution < 1.29 is 4.79 Å². The van der Waals surface area contributed by atoms with Crippen molar-refractivity contribution in [1.29, 1.82) is 0 Å². The van der Waals surface area contributed by atoms with E-state index in [4.69, 9.17) is 0 Å². The first kappa shape index (κ1) is 11.0. The third-order valence-corrected chi connectivity index (χ3v) is 3.38. The maximum atomic E-state index is 10.4. The number of anilines is 1. The van der Waals surface area contributed by atoms with E-state index in [1.807, 2.05) is 18.2 Å². The zero-order chi connectivity index (χ0) is 12.4. The molecule has 18 heavy (non-hydrogen) atoms. The van der Waals surface area contributed by atoms with E-state index in [1.165, 1.54) is 24.0 Å². The summed E-state index contributed by atoms with van der Waals surface area (Å²) >= 11 is 0. The second-order valence-corrected chi connectivity index (χ2v) is 4.74. The number of benzene rings is 2. The van der Waals surface area contributed by atoms with E-state index >= 15 is 0 Å². The predicted octanol–water partition coefficient (Wildman–Crippen LogP) is 3.80. The van der Waals surface area contributed by atoms with Crippen molar-refractivity contribution in [2.24, 2.45) is 0 Å². The normalized spacial score (nSPS) is 14.2. The average molecular weight is 237 g/mol. The molecule has 3 rings (SSSR count). The Morgan fingerprint density at radius 1 is 1.00 bits per heavy atom. The zero-order valence-electron chi connectivity index (χ0n) is 10.1. The molecule has 2 heteroatoms. The fraction of sp³-hybridized carbons (Fsp3) is 0.188. The highest BCUT2D eigenvalue weighted by atomic mass is 16.1. The van der Waals surface area contributed by atoms with Crippen molar-refractivity contribution in [1.82, 2.24) is 0 Å². The van der Waals surface area contributed by atoms with E-state index in [-0.39, 0.29) is 0 Å². The van der Waals surface area contributed by atoms with Crippen LogP contribution in [0.15, 0.2) is 48.5 Å². The molecule has 2 aromatic carbocycles. The highest BCUT2D eigenvalue weighted by Crippen LogP contribution is 2.40. The molecule has 0 radical (unpaired) electrons. The molecule has 1 amide bonds. The van der Waals surface area contributed by atoms with Crippen LogP contribution in [0.5, 0.6) is 0 Å². The van der Waals surface area contributed by atoms with Gasteiger partial charge >= 0.3 is 0 Å². The highest BCUT2D eigenvalue weighted by molar-refractivity contribution is 5.75. The smallest absolute Gasteiger partial charge is 0.211 e. The van der Waals surface area contributed by atoms with Gasteiger partial charge in [-0.15, -0.1) is 0 Å². The minimum Gasteiger partial charge on any atom is -0.329 e. The third-order valence-electron chi connectivity index (χ3n) is 3.38. The Labute approximate surface area is 107 Å². The van der Waals surface area contributed by atoms with E-state index in [0.29, 0.717) is 6.41 Å². The van der Waals surface area contributed by atoms with Crippen LogP contribution in [0.25, 0.3) is 11.1 Å². The van der Waals surface area contributed by atoms with Crippen molar-refractivity contribution in [2.75, 3.05) is 5.32 Å². The van der Waals surface area contributed by atoms with Gasteiger partial charge in [0.15, 0.2) is 0 Å². The molecule has 90 valence electrons. The SMILES string of the molecule is O=CNc1cccc(-c2ccc(C3CC3)cc2)c1. The molecule has 1 N–H and O–H groups in total. The van der Waals surface area contributed by atoms with E-state index in [9.17, 15) is 4.79 Å². The number of carbonyl (C=O) groups is 1. The summed E-state index contributed by atoms with van der Waals surface area (Å²) in [4.78, 5) is 10.4. The van der Waals surface area contributed by atoms with Crippen LogP contribution in [-0.4, -0.2) is 6.41 Å². The molecule has 1 fully saturated rings. The third kappa shape index (κ3) is 2.28. The van der Waals surface area contributed by atoms with Crippen molar-refractivity contribution in [3.05, 3.63) is 54.1 Å². The zero-order valence-corrected chi connectivity index (χ0v) is 10.1. The second-order valence-electron chi connectivity index (χ2n) is 4.74. The van der Waals surface area contributed by atoms with Crippen LogP contribution in [0.4, 0.5) is 5.69 Å². The Morgan fingerprint density at radius 3 is 2.44 bits per heavy atom. The molecule has 1 aliphatic rings. The lowest BCUT2D eigenvalue weighted by atomic mass is 10.0. The lowest BCUT2D eigenvalue weighted by molar-refractivity contribution is -0.105. The quantitative estimate of drug-likeness (QED) is 0.805. The molecule has 2 aromatic rings. The van der Waals surface area contributed by atoms with Gasteiger partial charge in [0.25, 0.3) is 0 Å². The number of carbonyl (C=O) groups excluding carboxylic acids is 1. The number of nitrogens with one attached hydrogen (secondary N) is 1. The Morgan fingerprint density at radius 2 is 1.78 bits per heavy atom. The number of hydrogen-bond donors (Lipinski definition) is 1. The van der Waals surface area contributed by atoms with Gasteiger partial charge < -0.3 is 5.32 Å². The molecule has 0 unspecified atom stereocenters. The van der Waals surface area contributed by atoms with Gasteiger partial charge in [-0.2, -0.15) is 0 Å². The van der Waals surface area contributed by atoms with Crippen LogP contribution in [0.2, 0.25) is 0 Å². The van der Waals surface area contributed by atoms with Gasteiger partial charge in [0.05, 0.1) is 0 Å². The molecule has 1 aliphatic carbocycles. The van der Waals surface area contributed by atoms with E-state index in [1.54, 1.807) is 0 Å². The summed E-state index contributed by atoms with van der Waals surface area (Å²) in [6, 6.07) is 16.6. The first-order valence-corrected chi connectivity index (χ1v) is 6.27. The maximum absolute atomic E-state index is 10.4. The van der Waals surface area contributed by atoms with Crippen molar-refractivity contribution in [2.45, 2.75) is 18.8 Å². The Bertz CT molecular complexity index is 556. The Balaban J connectivity index is 1.88. The maximum Gasteiger partial charge on any atom is 0.211 e. The Kier molecular flexibility index (Phi) is 2.85. The molecule has 0 aliphatic heterocycles. The molecule has 0 saturated heterocycles. The molecule has 0 bridgehead atoms. The predicted molar refractivity (Wildman–Crippen MR) is 73.5 cm³/mol. The average Bonchev–Trinajstić information content (AvgIpc) is 3.24. The fourth-order valence-electron chi connectivity index (χ4n) is 2.22. The summed E-state index contributed by atoms with van der Waals surface area (Å²) in [5.41, 5.74) is 4.59. The number of rotatable bonds is 4. The summed E-state index contributed by atoms with van der Waals surface area (Å²) in [6.07, 6.45) is 3.37. The lowest BCUT2D eigenvalue weighted by Crippen LogP contribution is -1.93. The molecule has 0 atom stereocenters. The van der Waals surface area contributed by atoms with Gasteiger partial charge in [-0.1, -0.05) is 36.4 Å². The summed E-state index contributed by atoms with van der Waals surface area (Å²) in [5, 5.41) is 2.68. The standard InChI is InChI=1S/C16H15NO/c18-11-17-16-3-1-2-15(10-16)14-8-6-13(7-9-14)12-4-5-12/h1-3,6-12H,4-5H2,(H,17,18). The second kappa shape index (κ2) is 4.65. The van der Waals surface area contributed by atoms with Crippen molar-refractivity contribution in [3.63, 3.8) is 0 Å². The van der Waals surface area contributed by atoms with Crippen molar-refractivity contribution in [3.8, 4) is 11.1 Å². The largest absolute Gasteiger partial charge is 0.329 e. The first-order valence-electron chi connectivity index (χ1n) is 6.27. The molecule has 0 spiro atoms. The fourth-order valence-corrected chi connectivity index (χ4v) is 2.22. The van der Waals surface area contributed by atoms with Crippen LogP contribution >= 0.6 is 0 Å². The van der Waals surface area contributed by atoms with Gasteiger partial charge in [-0.25, -0.2) is 0 Å². The van der Waals surface area contributed by atoms with Crippen LogP contribution in [0, 0.1) is 0 Å². The lowest BCUT2D eigenvalue weighted by Gasteiger charge is -2.06. The van der Waals surface area contributed by atoms with Crippen molar-refractivity contribution >= 4 is 12.1 Å². The van der Waals surface area contributed by atoms with Gasteiger partial charge in [0.1, 0.15) is 0 Å². The van der Waals surface area contributed by atoms with E-state index in [2.05, 4.69) is 35.6 Å². The number of amides is 1. The molecular formula is C16H15NO. The van der Waals surface area contributed by atoms with Crippen LogP contribution in [0.1, 0.15) is 24.3 Å². The monoisotopic (exact) mass is 237 g/mol. The minimum atomic E-state index is 0.704. The molecule has 2 nitrogen and oxygen atoms in total. The summed E-state index contributed by atoms with van der Waals surface area (Å²) in [7, 11) is 0. The molecule has 0 heterocycles. The molecular weight excluding hydrogens is 222 g/mol. The first-order chi connectivity index (χ1) is 8.86. The topological polar surface area (TPSA) is 29.1 Å². The van der Waals surface area contributed by atoms with Gasteiger partial charge in [-0.3, -0.25) is 4.79 Å². The van der Waals surface area contributed by atoms with Crippen LogP contribution in [-0.2, 0) is 4.79 Å². The minimum absolute atomic E-state index is 0.704. The molecule has 0 aromatic heterocycles. The summed E-state index contributed by atoms with van der Waals surface area (Å²) < 4.78 is 0. The van der Waals surface area contributed by atoms with Gasteiger partial charge in [0, 0.05) is 5.69 Å². The van der Waals surface area contributed by atoms with E-state index in [0.717, 1.165) is 17.2 Å². The van der Waals surface area contributed by atoms with E-state index < -0.39 is 0 Å². The summed E-state index contributed by atoms with van der Waals surface area (Å²) in [5.74, 6) is 0.794. The van der Waals surface area contributed by atoms with Gasteiger partial charge in [0.2, 0.25) is 6.41 Å². The van der Waals surface area contributed by atoms with Crippen LogP contribution in [0.3, 0.4) is 0 Å². The Hall–Kier alpha value is -2.09. The van der Waals surface area contributed by atoms with Gasteiger partial charge in [-0.05, 0) is 47.6 Å². The summed E-state index contributed by atoms with van der Waals surface area (Å²) in [6.45, 7) is 0. The molecule has 1 saturated carbocycles. The highest BCUT2D eigenvalue weighted by Gasteiger charge is 2.22. The van der Waals surface area contributed by atoms with Crippen LogP contribution < -0.4 is 5.32 Å².